The number of esters is 1. The Balaban J connectivity index is 1.94. The second-order valence-corrected chi connectivity index (χ2v) is 6.11. The Morgan fingerprint density at radius 1 is 1.07 bits per heavy atom. The third kappa shape index (κ3) is 3.68. The fourth-order valence-corrected chi connectivity index (χ4v) is 2.99. The standard InChI is InChI=1S/C20H20O7/c1-25-17-8-11(3-5-15(17)21)7-13-14(10-27-20(13)24)19(23)12-4-6-16(22)18(9-12)26-2/h3-9,14,19,21-23H,10H2,1-2H3/b13-7+/t14-,19-/m0/s1. The summed E-state index contributed by atoms with van der Waals surface area (Å²) in [5, 5.41) is 30.2. The van der Waals surface area contributed by atoms with E-state index >= 15 is 0 Å². The first kappa shape index (κ1) is 18.6. The van der Waals surface area contributed by atoms with Gasteiger partial charge in [-0.1, -0.05) is 12.1 Å². The smallest absolute Gasteiger partial charge is 0.334 e. The van der Waals surface area contributed by atoms with Gasteiger partial charge in [0.25, 0.3) is 0 Å². The van der Waals surface area contributed by atoms with Gasteiger partial charge in [-0.25, -0.2) is 4.79 Å². The summed E-state index contributed by atoms with van der Waals surface area (Å²) in [5.41, 5.74) is 1.42. The molecule has 0 unspecified atom stereocenters. The number of methoxy groups -OCH3 is 2. The Hall–Kier alpha value is -3.19. The number of carbonyl (C=O) groups is 1. The number of aromatic hydroxyl groups is 2. The van der Waals surface area contributed by atoms with E-state index in [1.807, 2.05) is 0 Å². The number of aliphatic hydroxyl groups excluding tert-OH is 1. The lowest BCUT2D eigenvalue weighted by molar-refractivity contribution is -0.135. The Kier molecular flexibility index (Phi) is 5.23. The first-order valence-electron chi connectivity index (χ1n) is 8.25. The summed E-state index contributed by atoms with van der Waals surface area (Å²) in [4.78, 5) is 12.2. The molecule has 2 atom stereocenters. The summed E-state index contributed by atoms with van der Waals surface area (Å²) in [6, 6.07) is 9.17. The van der Waals surface area contributed by atoms with Gasteiger partial charge in [-0.05, 0) is 41.5 Å². The molecule has 0 aliphatic carbocycles. The Morgan fingerprint density at radius 3 is 2.37 bits per heavy atom. The summed E-state index contributed by atoms with van der Waals surface area (Å²) in [7, 11) is 2.84. The van der Waals surface area contributed by atoms with E-state index in [4.69, 9.17) is 14.2 Å². The molecule has 0 spiro atoms. The van der Waals surface area contributed by atoms with Crippen LogP contribution in [-0.4, -0.2) is 42.1 Å². The van der Waals surface area contributed by atoms with Gasteiger partial charge in [0.2, 0.25) is 0 Å². The number of aliphatic hydroxyl groups is 1. The van der Waals surface area contributed by atoms with Crippen LogP contribution < -0.4 is 9.47 Å². The molecule has 3 rings (SSSR count). The third-order valence-electron chi connectivity index (χ3n) is 4.48. The van der Waals surface area contributed by atoms with Crippen molar-refractivity contribution in [3.8, 4) is 23.0 Å². The molecule has 3 N–H and O–H groups in total. The number of cyclic esters (lactones) is 1. The van der Waals surface area contributed by atoms with Crippen molar-refractivity contribution < 1.29 is 34.3 Å². The van der Waals surface area contributed by atoms with Crippen molar-refractivity contribution in [3.63, 3.8) is 0 Å². The third-order valence-corrected chi connectivity index (χ3v) is 4.48. The Morgan fingerprint density at radius 2 is 1.70 bits per heavy atom. The maximum Gasteiger partial charge on any atom is 0.334 e. The van der Waals surface area contributed by atoms with Gasteiger partial charge in [0.15, 0.2) is 23.0 Å². The van der Waals surface area contributed by atoms with E-state index in [9.17, 15) is 20.1 Å². The SMILES string of the molecule is COc1cc(/C=C2/C(=O)OC[C@@H]2[C@@H](O)c2ccc(O)c(OC)c2)ccc1O. The maximum atomic E-state index is 12.2. The minimum atomic E-state index is -1.03. The maximum absolute atomic E-state index is 12.2. The summed E-state index contributed by atoms with van der Waals surface area (Å²) in [6.07, 6.45) is 0.569. The molecule has 142 valence electrons. The molecular formula is C20H20O7. The van der Waals surface area contributed by atoms with Crippen LogP contribution in [0.25, 0.3) is 6.08 Å². The van der Waals surface area contributed by atoms with Crippen LogP contribution in [0, 0.1) is 5.92 Å². The predicted octanol–water partition coefficient (Wildman–Crippen LogP) is 2.41. The second kappa shape index (κ2) is 7.59. The van der Waals surface area contributed by atoms with Crippen LogP contribution in [0.4, 0.5) is 0 Å². The zero-order valence-electron chi connectivity index (χ0n) is 14.9. The first-order chi connectivity index (χ1) is 12.9. The van der Waals surface area contributed by atoms with Crippen molar-refractivity contribution in [1.82, 2.24) is 0 Å². The van der Waals surface area contributed by atoms with Gasteiger partial charge in [0.05, 0.1) is 26.2 Å². The fourth-order valence-electron chi connectivity index (χ4n) is 2.99. The number of hydrogen-bond donors (Lipinski definition) is 3. The Labute approximate surface area is 156 Å². The summed E-state index contributed by atoms with van der Waals surface area (Å²) in [5.74, 6) is -0.661. The molecule has 1 aliphatic rings. The van der Waals surface area contributed by atoms with E-state index in [-0.39, 0.29) is 29.6 Å². The first-order valence-corrected chi connectivity index (χ1v) is 8.25. The van der Waals surface area contributed by atoms with Gasteiger partial charge >= 0.3 is 5.97 Å². The minimum absolute atomic E-state index is 0.0126. The number of ether oxygens (including phenoxy) is 3. The van der Waals surface area contributed by atoms with Crippen LogP contribution in [0.5, 0.6) is 23.0 Å². The minimum Gasteiger partial charge on any atom is -0.504 e. The van der Waals surface area contributed by atoms with Crippen LogP contribution in [-0.2, 0) is 9.53 Å². The van der Waals surface area contributed by atoms with Gasteiger partial charge in [-0.3, -0.25) is 0 Å². The number of rotatable bonds is 5. The van der Waals surface area contributed by atoms with Gasteiger partial charge < -0.3 is 29.5 Å². The van der Waals surface area contributed by atoms with Crippen molar-refractivity contribution in [1.29, 1.82) is 0 Å². The van der Waals surface area contributed by atoms with Crippen LogP contribution in [0.15, 0.2) is 42.0 Å². The summed E-state index contributed by atoms with van der Waals surface area (Å²) < 4.78 is 15.3. The van der Waals surface area contributed by atoms with Crippen molar-refractivity contribution in [2.45, 2.75) is 6.10 Å². The average Bonchev–Trinajstić information content (AvgIpc) is 3.03. The molecule has 7 heteroatoms. The van der Waals surface area contributed by atoms with Gasteiger partial charge in [0.1, 0.15) is 6.61 Å². The normalized spacial score (nSPS) is 19.0. The fraction of sp³-hybridized carbons (Fsp3) is 0.250. The Bertz CT molecular complexity index is 888. The molecule has 1 heterocycles. The highest BCUT2D eigenvalue weighted by molar-refractivity contribution is 5.96. The van der Waals surface area contributed by atoms with Crippen LogP contribution in [0.1, 0.15) is 17.2 Å². The van der Waals surface area contributed by atoms with Crippen LogP contribution in [0.3, 0.4) is 0 Å². The lowest BCUT2D eigenvalue weighted by Gasteiger charge is -2.18. The van der Waals surface area contributed by atoms with Crippen LogP contribution in [0.2, 0.25) is 0 Å². The molecule has 1 aliphatic heterocycles. The van der Waals surface area contributed by atoms with Crippen molar-refractivity contribution in [2.24, 2.45) is 5.92 Å². The van der Waals surface area contributed by atoms with E-state index in [1.54, 1.807) is 24.3 Å². The quantitative estimate of drug-likeness (QED) is 0.547. The topological polar surface area (TPSA) is 105 Å². The van der Waals surface area contributed by atoms with Crippen LogP contribution >= 0.6 is 0 Å². The van der Waals surface area contributed by atoms with Gasteiger partial charge in [-0.2, -0.15) is 0 Å². The number of phenols is 2. The molecule has 0 saturated carbocycles. The van der Waals surface area contributed by atoms with Crippen molar-refractivity contribution in [3.05, 3.63) is 53.1 Å². The lowest BCUT2D eigenvalue weighted by Crippen LogP contribution is -2.15. The van der Waals surface area contributed by atoms with E-state index in [0.717, 1.165) is 0 Å². The number of phenolic OH excluding ortho intramolecular Hbond substituents is 2. The lowest BCUT2D eigenvalue weighted by atomic mass is 9.89. The second-order valence-electron chi connectivity index (χ2n) is 6.11. The molecule has 1 fully saturated rings. The molecule has 0 amide bonds. The van der Waals surface area contributed by atoms with E-state index in [2.05, 4.69) is 0 Å². The zero-order valence-corrected chi connectivity index (χ0v) is 14.9. The monoisotopic (exact) mass is 372 g/mol. The highest BCUT2D eigenvalue weighted by Crippen LogP contribution is 2.38. The highest BCUT2D eigenvalue weighted by atomic mass is 16.5. The molecule has 0 radical (unpaired) electrons. The number of carbonyl (C=O) groups excluding carboxylic acids is 1. The van der Waals surface area contributed by atoms with E-state index in [1.165, 1.54) is 32.4 Å². The molecule has 27 heavy (non-hydrogen) atoms. The molecular weight excluding hydrogens is 352 g/mol. The molecule has 1 saturated heterocycles. The van der Waals surface area contributed by atoms with Gasteiger partial charge in [0, 0.05) is 5.57 Å². The van der Waals surface area contributed by atoms with Crippen molar-refractivity contribution >= 4 is 12.0 Å². The highest BCUT2D eigenvalue weighted by Gasteiger charge is 2.36. The number of hydrogen-bond acceptors (Lipinski definition) is 7. The summed E-state index contributed by atoms with van der Waals surface area (Å²) >= 11 is 0. The molecule has 2 aromatic rings. The predicted molar refractivity (Wildman–Crippen MR) is 96.7 cm³/mol. The van der Waals surface area contributed by atoms with Gasteiger partial charge in [-0.15, -0.1) is 0 Å². The largest absolute Gasteiger partial charge is 0.504 e. The number of benzene rings is 2. The van der Waals surface area contributed by atoms with E-state index in [0.29, 0.717) is 16.7 Å². The molecule has 7 nitrogen and oxygen atoms in total. The van der Waals surface area contributed by atoms with Crippen molar-refractivity contribution in [2.75, 3.05) is 20.8 Å². The zero-order chi connectivity index (χ0) is 19.6. The average molecular weight is 372 g/mol. The molecule has 0 bridgehead atoms. The molecule has 2 aromatic carbocycles. The van der Waals surface area contributed by atoms with E-state index < -0.39 is 18.0 Å². The molecule has 0 aromatic heterocycles. The summed E-state index contributed by atoms with van der Waals surface area (Å²) in [6.45, 7) is 0.0320.